The third kappa shape index (κ3) is 4.16. The van der Waals surface area contributed by atoms with E-state index in [4.69, 9.17) is 4.74 Å². The highest BCUT2D eigenvalue weighted by Crippen LogP contribution is 2.19. The van der Waals surface area contributed by atoms with Gasteiger partial charge >= 0.3 is 0 Å². The van der Waals surface area contributed by atoms with Crippen molar-refractivity contribution in [2.24, 2.45) is 4.99 Å². The summed E-state index contributed by atoms with van der Waals surface area (Å²) in [5, 5.41) is 0. The smallest absolute Gasteiger partial charge is 0.262 e. The Kier molecular flexibility index (Phi) is 5.46. The maximum Gasteiger partial charge on any atom is 0.262 e. The minimum absolute atomic E-state index is 0.192. The van der Waals surface area contributed by atoms with Gasteiger partial charge in [-0.1, -0.05) is 24.3 Å². The number of aliphatic imine (C=N–C) groups is 1. The van der Waals surface area contributed by atoms with Crippen LogP contribution in [0.25, 0.3) is 0 Å². The van der Waals surface area contributed by atoms with Gasteiger partial charge in [-0.3, -0.25) is 14.7 Å². The number of ether oxygens (including phenoxy) is 1. The van der Waals surface area contributed by atoms with Gasteiger partial charge in [0.05, 0.1) is 19.2 Å². The molecule has 0 heterocycles. The molecule has 2 aromatic carbocycles. The molecule has 2 rings (SSSR count). The topological polar surface area (TPSA) is 41.9 Å². The third-order valence-electron chi connectivity index (χ3n) is 3.53. The molecule has 23 heavy (non-hydrogen) atoms. The molecule has 0 N–H and O–H groups in total. The number of hydrogen-bond acceptors (Lipinski definition) is 3. The van der Waals surface area contributed by atoms with Crippen molar-refractivity contribution in [2.45, 2.75) is 13.5 Å². The van der Waals surface area contributed by atoms with Gasteiger partial charge in [-0.15, -0.1) is 0 Å². The van der Waals surface area contributed by atoms with Crippen molar-refractivity contribution in [3.63, 3.8) is 0 Å². The molecular weight excluding hydrogens is 295 g/mol. The highest BCUT2D eigenvalue weighted by atomic mass is 19.1. The van der Waals surface area contributed by atoms with Crippen LogP contribution >= 0.6 is 0 Å². The Bertz CT molecular complexity index is 711. The maximum atomic E-state index is 12.9. The fourth-order valence-corrected chi connectivity index (χ4v) is 2.05. The summed E-state index contributed by atoms with van der Waals surface area (Å²) in [7, 11) is 3.19. The van der Waals surface area contributed by atoms with E-state index in [1.54, 1.807) is 44.3 Å². The van der Waals surface area contributed by atoms with Gasteiger partial charge in [0.1, 0.15) is 17.4 Å². The van der Waals surface area contributed by atoms with Crippen LogP contribution in [-0.2, 0) is 6.54 Å². The van der Waals surface area contributed by atoms with Crippen LogP contribution < -0.4 is 4.74 Å². The van der Waals surface area contributed by atoms with Crippen LogP contribution in [0.3, 0.4) is 0 Å². The third-order valence-corrected chi connectivity index (χ3v) is 3.53. The van der Waals surface area contributed by atoms with Crippen molar-refractivity contribution in [1.29, 1.82) is 0 Å². The first-order valence-electron chi connectivity index (χ1n) is 7.19. The monoisotopic (exact) mass is 314 g/mol. The fraction of sp³-hybridized carbons (Fsp3) is 0.222. The Labute approximate surface area is 135 Å². The first-order chi connectivity index (χ1) is 11.0. The summed E-state index contributed by atoms with van der Waals surface area (Å²) in [4.78, 5) is 18.4. The zero-order chi connectivity index (χ0) is 16.8. The summed E-state index contributed by atoms with van der Waals surface area (Å²) in [6, 6.07) is 13.2. The lowest BCUT2D eigenvalue weighted by molar-refractivity contribution is 0.0866. The Morgan fingerprint density at radius 3 is 2.48 bits per heavy atom. The van der Waals surface area contributed by atoms with Crippen LogP contribution in [0.5, 0.6) is 5.75 Å². The molecule has 120 valence electrons. The molecule has 0 spiro atoms. The van der Waals surface area contributed by atoms with Crippen LogP contribution in [0.15, 0.2) is 53.5 Å². The number of para-hydroxylation sites is 1. The summed E-state index contributed by atoms with van der Waals surface area (Å²) in [6.45, 7) is 2.15. The number of rotatable bonds is 4. The number of amides is 1. The molecule has 0 bridgehead atoms. The molecule has 0 aromatic heterocycles. The molecule has 2 aromatic rings. The number of amidine groups is 1. The van der Waals surface area contributed by atoms with E-state index in [1.807, 2.05) is 6.07 Å². The molecule has 0 atom stereocenters. The molecule has 4 nitrogen and oxygen atoms in total. The molecule has 0 unspecified atom stereocenters. The maximum absolute atomic E-state index is 12.9. The molecule has 0 saturated carbocycles. The highest BCUT2D eigenvalue weighted by molar-refractivity contribution is 6.06. The van der Waals surface area contributed by atoms with E-state index < -0.39 is 0 Å². The summed E-state index contributed by atoms with van der Waals surface area (Å²) >= 11 is 0. The second-order valence-corrected chi connectivity index (χ2v) is 5.05. The average molecular weight is 314 g/mol. The quantitative estimate of drug-likeness (QED) is 0.640. The number of benzene rings is 2. The Morgan fingerprint density at radius 2 is 1.83 bits per heavy atom. The zero-order valence-electron chi connectivity index (χ0n) is 13.4. The van der Waals surface area contributed by atoms with E-state index in [9.17, 15) is 9.18 Å². The van der Waals surface area contributed by atoms with Crippen LogP contribution in [-0.4, -0.2) is 30.8 Å². The SMILES string of the molecule is COc1ccccc1C(=O)N(C)C(C)=NCc1ccc(F)cc1. The summed E-state index contributed by atoms with van der Waals surface area (Å²) in [5.74, 6) is 0.627. The first-order valence-corrected chi connectivity index (χ1v) is 7.19. The van der Waals surface area contributed by atoms with Gasteiger partial charge in [0.15, 0.2) is 0 Å². The minimum Gasteiger partial charge on any atom is -0.496 e. The predicted molar refractivity (Wildman–Crippen MR) is 88.3 cm³/mol. The van der Waals surface area contributed by atoms with Gasteiger partial charge in [-0.2, -0.15) is 0 Å². The highest BCUT2D eigenvalue weighted by Gasteiger charge is 2.17. The standard InChI is InChI=1S/C18H19FN2O2/c1-13(20-12-14-8-10-15(19)11-9-14)21(2)18(22)16-6-4-5-7-17(16)23-3/h4-11H,12H2,1-3H3. The van der Waals surface area contributed by atoms with E-state index >= 15 is 0 Å². The lowest BCUT2D eigenvalue weighted by Crippen LogP contribution is -2.31. The Hall–Kier alpha value is -2.69. The Balaban J connectivity index is 2.11. The van der Waals surface area contributed by atoms with Gasteiger partial charge < -0.3 is 4.74 Å². The number of halogens is 1. The summed E-state index contributed by atoms with van der Waals surface area (Å²) in [5.41, 5.74) is 1.36. The molecule has 5 heteroatoms. The van der Waals surface area contributed by atoms with Crippen molar-refractivity contribution in [1.82, 2.24) is 4.90 Å². The lowest BCUT2D eigenvalue weighted by Gasteiger charge is -2.18. The molecule has 0 saturated heterocycles. The van der Waals surface area contributed by atoms with E-state index in [2.05, 4.69) is 4.99 Å². The van der Waals surface area contributed by atoms with Crippen LogP contribution in [0, 0.1) is 5.82 Å². The first kappa shape index (κ1) is 16.7. The minimum atomic E-state index is -0.280. The molecule has 1 amide bonds. The van der Waals surface area contributed by atoms with Gasteiger partial charge in [-0.05, 0) is 36.8 Å². The largest absolute Gasteiger partial charge is 0.496 e. The van der Waals surface area contributed by atoms with Crippen molar-refractivity contribution >= 4 is 11.7 Å². The van der Waals surface area contributed by atoms with Crippen molar-refractivity contribution in [2.75, 3.05) is 14.2 Å². The van der Waals surface area contributed by atoms with E-state index in [0.29, 0.717) is 23.7 Å². The summed E-state index contributed by atoms with van der Waals surface area (Å²) < 4.78 is 18.1. The van der Waals surface area contributed by atoms with Crippen LogP contribution in [0.4, 0.5) is 4.39 Å². The van der Waals surface area contributed by atoms with Gasteiger partial charge in [0.25, 0.3) is 5.91 Å². The Morgan fingerprint density at radius 1 is 1.17 bits per heavy atom. The van der Waals surface area contributed by atoms with E-state index in [1.165, 1.54) is 24.1 Å². The van der Waals surface area contributed by atoms with Crippen LogP contribution in [0.2, 0.25) is 0 Å². The normalized spacial score (nSPS) is 11.2. The summed E-state index contributed by atoms with van der Waals surface area (Å²) in [6.07, 6.45) is 0. The number of carbonyl (C=O) groups excluding carboxylic acids is 1. The molecule has 0 aliphatic heterocycles. The second kappa shape index (κ2) is 7.54. The number of hydrogen-bond donors (Lipinski definition) is 0. The fourth-order valence-electron chi connectivity index (χ4n) is 2.05. The zero-order valence-corrected chi connectivity index (χ0v) is 13.4. The van der Waals surface area contributed by atoms with Gasteiger partial charge in [0.2, 0.25) is 0 Å². The number of carbonyl (C=O) groups is 1. The predicted octanol–water partition coefficient (Wildman–Crippen LogP) is 3.52. The lowest BCUT2D eigenvalue weighted by atomic mass is 10.1. The van der Waals surface area contributed by atoms with Crippen molar-refractivity contribution in [3.8, 4) is 5.75 Å². The molecule has 0 radical (unpaired) electrons. The van der Waals surface area contributed by atoms with Gasteiger partial charge in [0, 0.05) is 7.05 Å². The van der Waals surface area contributed by atoms with Crippen LogP contribution in [0.1, 0.15) is 22.8 Å². The van der Waals surface area contributed by atoms with E-state index in [0.717, 1.165) is 5.56 Å². The number of methoxy groups -OCH3 is 1. The molecule has 0 fully saturated rings. The molecule has 0 aliphatic rings. The van der Waals surface area contributed by atoms with Crippen molar-refractivity contribution < 1.29 is 13.9 Å². The molecular formula is C18H19FN2O2. The van der Waals surface area contributed by atoms with Gasteiger partial charge in [-0.25, -0.2) is 4.39 Å². The van der Waals surface area contributed by atoms with E-state index in [-0.39, 0.29) is 11.7 Å². The van der Waals surface area contributed by atoms with Crippen molar-refractivity contribution in [3.05, 3.63) is 65.5 Å². The number of nitrogens with zero attached hydrogens (tertiary/aromatic N) is 2. The molecule has 0 aliphatic carbocycles. The second-order valence-electron chi connectivity index (χ2n) is 5.05. The average Bonchev–Trinajstić information content (AvgIpc) is 2.59.